The minimum atomic E-state index is 0.889. The molecule has 0 atom stereocenters. The summed E-state index contributed by atoms with van der Waals surface area (Å²) < 4.78 is 0. The van der Waals surface area contributed by atoms with E-state index in [1.165, 1.54) is 0 Å². The molecule has 4 radical (unpaired) electrons. The second-order valence-corrected chi connectivity index (χ2v) is 0. The molecular weight excluding hydrogens is 390 g/mol. The van der Waals surface area contributed by atoms with Gasteiger partial charge in [0, 0.05) is 0 Å². The average molecular weight is 390 g/mol. The first-order valence-electron chi connectivity index (χ1n) is 0.408. The van der Waals surface area contributed by atoms with Crippen LogP contribution in [0.1, 0.15) is 0 Å². The van der Waals surface area contributed by atoms with Crippen LogP contribution in [0.5, 0.6) is 0 Å². The molecule has 0 N–H and O–H groups in total. The molecule has 20 valence electrons. The molecule has 0 saturated carbocycles. The predicted molar refractivity (Wildman–Crippen MR) is 26.7 cm³/mol. The van der Waals surface area contributed by atoms with E-state index in [1.54, 1.807) is 0 Å². The molecular formula is PbS2Sn. The van der Waals surface area contributed by atoms with Crippen LogP contribution in [0.15, 0.2) is 0 Å². The molecule has 0 saturated heterocycles. The first kappa shape index (κ1) is 9.48. The third-order valence-electron chi connectivity index (χ3n) is 0. The SMILES string of the molecule is [S]=[Pb].[S]=[Sn]. The fourth-order valence-electron chi connectivity index (χ4n) is 0. The molecule has 0 aliphatic rings. The third kappa shape index (κ3) is 8.90. The summed E-state index contributed by atoms with van der Waals surface area (Å²) >= 11 is 2.02. The van der Waals surface area contributed by atoms with Crippen LogP contribution in [-0.4, -0.2) is 44.3 Å². The average Bonchev–Trinajstić information content (AvgIpc) is 1.50. The maximum absolute atomic E-state index is 4.22. The van der Waals surface area contributed by atoms with Crippen molar-refractivity contribution in [1.29, 1.82) is 0 Å². The van der Waals surface area contributed by atoms with Crippen LogP contribution < -0.4 is 0 Å². The standard InChI is InChI=1S/Pb.2S.Sn. The molecule has 0 aromatic heterocycles. The van der Waals surface area contributed by atoms with Crippen LogP contribution in [0.2, 0.25) is 0 Å². The van der Waals surface area contributed by atoms with E-state index < -0.39 is 0 Å². The van der Waals surface area contributed by atoms with Gasteiger partial charge in [-0.05, 0) is 0 Å². The van der Waals surface area contributed by atoms with E-state index in [0.29, 0.717) is 0 Å². The van der Waals surface area contributed by atoms with Gasteiger partial charge in [-0.25, -0.2) is 0 Å². The van der Waals surface area contributed by atoms with Crippen molar-refractivity contribution < 1.29 is 0 Å². The van der Waals surface area contributed by atoms with E-state index in [4.69, 9.17) is 0 Å². The van der Waals surface area contributed by atoms with Gasteiger partial charge in [-0.1, -0.05) is 0 Å². The Hall–Kier alpha value is 2.16. The molecule has 0 aliphatic carbocycles. The Kier molecular flexibility index (Phi) is 45.3. The zero-order chi connectivity index (χ0) is 4.00. The van der Waals surface area contributed by atoms with Crippen molar-refractivity contribution in [2.75, 3.05) is 0 Å². The number of hydrogen-bond donors (Lipinski definition) is 0. The van der Waals surface area contributed by atoms with Crippen LogP contribution in [0.4, 0.5) is 0 Å². The van der Waals surface area contributed by atoms with E-state index in [0.717, 1.165) is 44.3 Å². The second-order valence-electron chi connectivity index (χ2n) is 0. The van der Waals surface area contributed by atoms with Gasteiger partial charge in [0.05, 0.1) is 0 Å². The Bertz CT molecular complexity index is 8.00. The molecule has 4 heavy (non-hydrogen) atoms. The Morgan fingerprint density at radius 2 is 1.25 bits per heavy atom. The van der Waals surface area contributed by atoms with Gasteiger partial charge in [0.25, 0.3) is 0 Å². The molecule has 0 spiro atoms. The maximum atomic E-state index is 4.22. The summed E-state index contributed by atoms with van der Waals surface area (Å²) in [5, 5.41) is 0. The van der Waals surface area contributed by atoms with Gasteiger partial charge in [-0.15, -0.1) is 0 Å². The monoisotopic (exact) mass is 392 g/mol. The van der Waals surface area contributed by atoms with Crippen molar-refractivity contribution in [3.63, 3.8) is 0 Å². The zero-order valence-electron chi connectivity index (χ0n) is 1.82. The van der Waals surface area contributed by atoms with Crippen molar-refractivity contribution in [2.24, 2.45) is 0 Å². The summed E-state index contributed by atoms with van der Waals surface area (Å²) in [6.45, 7) is 0. The summed E-state index contributed by atoms with van der Waals surface area (Å²) in [7, 11) is 8.40. The van der Waals surface area contributed by atoms with E-state index in [1.807, 2.05) is 0 Å². The quantitative estimate of drug-likeness (QED) is 0.554. The fraction of sp³-hybridized carbons (Fsp3) is 0. The molecule has 0 aromatic rings. The summed E-state index contributed by atoms with van der Waals surface area (Å²) in [5.41, 5.74) is 0. The van der Waals surface area contributed by atoms with Gasteiger partial charge in [0.2, 0.25) is 0 Å². The number of rotatable bonds is 0. The Morgan fingerprint density at radius 1 is 1.25 bits per heavy atom. The van der Waals surface area contributed by atoms with Crippen molar-refractivity contribution >= 4 is 62.2 Å². The van der Waals surface area contributed by atoms with Crippen molar-refractivity contribution in [3.05, 3.63) is 0 Å². The van der Waals surface area contributed by atoms with Crippen LogP contribution in [-0.2, 0) is 0 Å². The third-order valence-corrected chi connectivity index (χ3v) is 0. The van der Waals surface area contributed by atoms with Crippen LogP contribution in [0.25, 0.3) is 0 Å². The van der Waals surface area contributed by atoms with Crippen molar-refractivity contribution in [1.82, 2.24) is 0 Å². The first-order valence-corrected chi connectivity index (χ1v) is 9.48. The Balaban J connectivity index is 0. The summed E-state index contributed by atoms with van der Waals surface area (Å²) in [4.78, 5) is 0. The number of hydrogen-bond acceptors (Lipinski definition) is 2. The summed E-state index contributed by atoms with van der Waals surface area (Å²) in [6.07, 6.45) is 0. The van der Waals surface area contributed by atoms with Gasteiger partial charge < -0.3 is 0 Å². The van der Waals surface area contributed by atoms with Crippen molar-refractivity contribution in [3.8, 4) is 0 Å². The van der Waals surface area contributed by atoms with Crippen LogP contribution in [0, 0.1) is 0 Å². The molecule has 4 heteroatoms. The van der Waals surface area contributed by atoms with E-state index in [9.17, 15) is 0 Å². The topological polar surface area (TPSA) is 0 Å². The molecule has 0 aromatic carbocycles. The first-order chi connectivity index (χ1) is 2.00. The van der Waals surface area contributed by atoms with E-state index >= 15 is 0 Å². The molecule has 0 fully saturated rings. The molecule has 0 amide bonds. The molecule has 0 nitrogen and oxygen atoms in total. The Morgan fingerprint density at radius 3 is 1.25 bits per heavy atom. The second kappa shape index (κ2) is 19.1. The van der Waals surface area contributed by atoms with E-state index in [-0.39, 0.29) is 0 Å². The normalized spacial score (nSPS) is 2.00. The predicted octanol–water partition coefficient (Wildman–Crippen LogP) is 0.535. The summed E-state index contributed by atoms with van der Waals surface area (Å²) in [6, 6.07) is 0. The molecule has 0 heterocycles. The fourth-order valence-corrected chi connectivity index (χ4v) is 0. The van der Waals surface area contributed by atoms with Crippen molar-refractivity contribution in [2.45, 2.75) is 0 Å². The molecule has 0 bridgehead atoms. The van der Waals surface area contributed by atoms with Gasteiger partial charge in [-0.2, -0.15) is 0 Å². The van der Waals surface area contributed by atoms with E-state index in [2.05, 4.69) is 17.9 Å². The van der Waals surface area contributed by atoms with Gasteiger partial charge >= 0.3 is 62.2 Å². The zero-order valence-corrected chi connectivity index (χ0v) is 10.2. The molecule has 0 rings (SSSR count). The Labute approximate surface area is 61.1 Å². The molecule has 0 unspecified atom stereocenters. The summed E-state index contributed by atoms with van der Waals surface area (Å²) in [5.74, 6) is 0. The van der Waals surface area contributed by atoms with Gasteiger partial charge in [0.1, 0.15) is 0 Å². The van der Waals surface area contributed by atoms with Gasteiger partial charge in [-0.3, -0.25) is 0 Å². The molecule has 0 aliphatic heterocycles. The minimum absolute atomic E-state index is 0.889. The van der Waals surface area contributed by atoms with Crippen LogP contribution >= 0.6 is 17.9 Å². The van der Waals surface area contributed by atoms with Crippen LogP contribution in [0.3, 0.4) is 0 Å². The van der Waals surface area contributed by atoms with Gasteiger partial charge in [0.15, 0.2) is 0 Å².